The fraction of sp³-hybridized carbons (Fsp3) is 0. The number of rotatable bonds is 1. The molecule has 12 heavy (non-hydrogen) atoms. The average Bonchev–Trinajstić information content (AvgIpc) is 2.05. The number of nitrogens with two attached hydrogens (primary N) is 1. The number of anilines is 1. The molecule has 0 fully saturated rings. The predicted octanol–water partition coefficient (Wildman–Crippen LogP) is 0.948. The van der Waals surface area contributed by atoms with Gasteiger partial charge in [-0.1, -0.05) is 5.92 Å². The topological polar surface area (TPSA) is 63.3 Å². The van der Waals surface area contributed by atoms with Crippen molar-refractivity contribution in [2.75, 3.05) is 5.73 Å². The van der Waals surface area contributed by atoms with E-state index in [1.54, 1.807) is 0 Å². The van der Waals surface area contributed by atoms with Crippen LogP contribution in [0, 0.1) is 12.3 Å². The summed E-state index contributed by atoms with van der Waals surface area (Å²) in [6.07, 6.45) is 5.10. The molecule has 0 bridgehead atoms. The molecule has 0 unspecified atom stereocenters. The van der Waals surface area contributed by atoms with Gasteiger partial charge in [-0.3, -0.25) is 0 Å². The van der Waals surface area contributed by atoms with Crippen molar-refractivity contribution in [3.8, 4) is 12.3 Å². The van der Waals surface area contributed by atoms with Crippen molar-refractivity contribution in [1.29, 1.82) is 0 Å². The van der Waals surface area contributed by atoms with Crippen molar-refractivity contribution in [2.24, 2.45) is 0 Å². The summed E-state index contributed by atoms with van der Waals surface area (Å²) in [7, 11) is 0. The molecule has 1 aromatic rings. The first-order valence-corrected chi connectivity index (χ1v) is 3.24. The zero-order valence-electron chi connectivity index (χ0n) is 6.24. The van der Waals surface area contributed by atoms with Crippen molar-refractivity contribution in [3.63, 3.8) is 0 Å². The molecule has 0 aliphatic rings. The molecule has 3 nitrogen and oxygen atoms in total. The second kappa shape index (κ2) is 2.97. The van der Waals surface area contributed by atoms with Gasteiger partial charge in [-0.15, -0.1) is 6.42 Å². The lowest BCUT2D eigenvalue weighted by Crippen LogP contribution is -1.98. The van der Waals surface area contributed by atoms with Crippen LogP contribution in [0.1, 0.15) is 15.9 Å². The molecule has 0 atom stereocenters. The normalized spacial score (nSPS) is 8.92. The van der Waals surface area contributed by atoms with Crippen LogP contribution in [0.2, 0.25) is 0 Å². The van der Waals surface area contributed by atoms with Gasteiger partial charge in [-0.05, 0) is 18.2 Å². The second-order valence-electron chi connectivity index (χ2n) is 2.25. The molecule has 0 heterocycles. The quantitative estimate of drug-likeness (QED) is 0.476. The van der Waals surface area contributed by atoms with Crippen molar-refractivity contribution in [1.82, 2.24) is 0 Å². The number of hydrogen-bond acceptors (Lipinski definition) is 2. The highest BCUT2D eigenvalue weighted by Crippen LogP contribution is 2.12. The van der Waals surface area contributed by atoms with E-state index in [0.717, 1.165) is 0 Å². The summed E-state index contributed by atoms with van der Waals surface area (Å²) in [5.74, 6) is 1.29. The lowest BCUT2D eigenvalue weighted by atomic mass is 10.1. The van der Waals surface area contributed by atoms with Gasteiger partial charge in [-0.25, -0.2) is 4.79 Å². The largest absolute Gasteiger partial charge is 0.478 e. The predicted molar refractivity (Wildman–Crippen MR) is 45.7 cm³/mol. The zero-order valence-corrected chi connectivity index (χ0v) is 6.24. The smallest absolute Gasteiger partial charge is 0.335 e. The summed E-state index contributed by atoms with van der Waals surface area (Å²) in [4.78, 5) is 10.5. The lowest BCUT2D eigenvalue weighted by Gasteiger charge is -1.98. The van der Waals surface area contributed by atoms with Crippen molar-refractivity contribution in [2.45, 2.75) is 0 Å². The Kier molecular flexibility index (Phi) is 2.02. The molecular weight excluding hydrogens is 154 g/mol. The molecule has 0 spiro atoms. The maximum absolute atomic E-state index is 10.5. The summed E-state index contributed by atoms with van der Waals surface area (Å²) in [6, 6.07) is 4.27. The summed E-state index contributed by atoms with van der Waals surface area (Å²) in [5.41, 5.74) is 6.45. The lowest BCUT2D eigenvalue weighted by molar-refractivity contribution is 0.0697. The van der Waals surface area contributed by atoms with E-state index in [1.165, 1.54) is 18.2 Å². The van der Waals surface area contributed by atoms with Crippen LogP contribution in [0.25, 0.3) is 0 Å². The number of terminal acetylenes is 1. The molecule has 0 aliphatic heterocycles. The first-order valence-electron chi connectivity index (χ1n) is 3.24. The molecule has 0 aromatic heterocycles. The monoisotopic (exact) mass is 161 g/mol. The van der Waals surface area contributed by atoms with Gasteiger partial charge >= 0.3 is 5.97 Å². The highest BCUT2D eigenvalue weighted by atomic mass is 16.4. The summed E-state index contributed by atoms with van der Waals surface area (Å²) in [6.45, 7) is 0. The fourth-order valence-electron chi connectivity index (χ4n) is 0.814. The molecule has 0 amide bonds. The molecule has 60 valence electrons. The standard InChI is InChI=1S/C9H7NO2/c1-2-6-5-7(9(11)12)3-4-8(6)10/h1,3-5H,10H2,(H,11,12). The number of aromatic carboxylic acids is 1. The van der Waals surface area contributed by atoms with Crippen LogP contribution in [0.4, 0.5) is 5.69 Å². The second-order valence-corrected chi connectivity index (χ2v) is 2.25. The van der Waals surface area contributed by atoms with Gasteiger partial charge in [0.2, 0.25) is 0 Å². The molecule has 0 saturated carbocycles. The van der Waals surface area contributed by atoms with Crippen LogP contribution >= 0.6 is 0 Å². The first kappa shape index (κ1) is 8.15. The zero-order chi connectivity index (χ0) is 9.14. The Bertz CT molecular complexity index is 363. The van der Waals surface area contributed by atoms with Crippen molar-refractivity contribution < 1.29 is 9.90 Å². The molecule has 3 N–H and O–H groups in total. The van der Waals surface area contributed by atoms with Gasteiger partial charge in [0.1, 0.15) is 0 Å². The Hall–Kier alpha value is -1.95. The van der Waals surface area contributed by atoms with Crippen LogP contribution in [0.5, 0.6) is 0 Å². The van der Waals surface area contributed by atoms with E-state index in [1.807, 2.05) is 0 Å². The van der Waals surface area contributed by atoms with E-state index in [2.05, 4.69) is 5.92 Å². The fourth-order valence-corrected chi connectivity index (χ4v) is 0.814. The third-order valence-electron chi connectivity index (χ3n) is 1.46. The van der Waals surface area contributed by atoms with Crippen molar-refractivity contribution in [3.05, 3.63) is 29.3 Å². The summed E-state index contributed by atoms with van der Waals surface area (Å²) >= 11 is 0. The van der Waals surface area contributed by atoms with Gasteiger partial charge in [0.25, 0.3) is 0 Å². The van der Waals surface area contributed by atoms with Gasteiger partial charge in [-0.2, -0.15) is 0 Å². The number of nitrogen functional groups attached to an aromatic ring is 1. The maximum Gasteiger partial charge on any atom is 0.335 e. The number of carboxylic acid groups (broad SMARTS) is 1. The molecule has 0 saturated heterocycles. The molecular formula is C9H7NO2. The van der Waals surface area contributed by atoms with Gasteiger partial charge in [0, 0.05) is 11.3 Å². The Labute approximate surface area is 69.8 Å². The van der Waals surface area contributed by atoms with Gasteiger partial charge < -0.3 is 10.8 Å². The number of benzene rings is 1. The van der Waals surface area contributed by atoms with Crippen LogP contribution in [-0.2, 0) is 0 Å². The van der Waals surface area contributed by atoms with Crippen molar-refractivity contribution >= 4 is 11.7 Å². The Morgan fingerprint density at radius 2 is 2.25 bits per heavy atom. The van der Waals surface area contributed by atoms with E-state index in [0.29, 0.717) is 11.3 Å². The van der Waals surface area contributed by atoms with Crippen LogP contribution < -0.4 is 5.73 Å². The van der Waals surface area contributed by atoms with E-state index in [4.69, 9.17) is 17.3 Å². The van der Waals surface area contributed by atoms with Crippen LogP contribution in [0.15, 0.2) is 18.2 Å². The Balaban J connectivity index is 3.25. The minimum absolute atomic E-state index is 0.150. The third kappa shape index (κ3) is 1.38. The maximum atomic E-state index is 10.5. The number of carboxylic acids is 1. The number of carbonyl (C=O) groups is 1. The van der Waals surface area contributed by atoms with Crippen LogP contribution in [0.3, 0.4) is 0 Å². The average molecular weight is 161 g/mol. The van der Waals surface area contributed by atoms with Gasteiger partial charge in [0.15, 0.2) is 0 Å². The van der Waals surface area contributed by atoms with E-state index in [9.17, 15) is 4.79 Å². The highest BCUT2D eigenvalue weighted by molar-refractivity contribution is 5.88. The first-order chi connectivity index (χ1) is 5.65. The molecule has 3 heteroatoms. The van der Waals surface area contributed by atoms with Gasteiger partial charge in [0.05, 0.1) is 5.56 Å². The molecule has 1 aromatic carbocycles. The number of hydrogen-bond donors (Lipinski definition) is 2. The summed E-state index contributed by atoms with van der Waals surface area (Å²) in [5, 5.41) is 8.59. The SMILES string of the molecule is C#Cc1cc(C(=O)O)ccc1N. The molecule has 0 aliphatic carbocycles. The van der Waals surface area contributed by atoms with E-state index < -0.39 is 5.97 Å². The summed E-state index contributed by atoms with van der Waals surface area (Å²) < 4.78 is 0. The minimum Gasteiger partial charge on any atom is -0.478 e. The van der Waals surface area contributed by atoms with E-state index in [-0.39, 0.29) is 5.56 Å². The Morgan fingerprint density at radius 3 is 2.75 bits per heavy atom. The molecule has 1 rings (SSSR count). The van der Waals surface area contributed by atoms with Crippen LogP contribution in [-0.4, -0.2) is 11.1 Å². The minimum atomic E-state index is -1.01. The Morgan fingerprint density at radius 1 is 1.58 bits per heavy atom. The third-order valence-corrected chi connectivity index (χ3v) is 1.46. The van der Waals surface area contributed by atoms with E-state index >= 15 is 0 Å². The molecule has 0 radical (unpaired) electrons. The highest BCUT2D eigenvalue weighted by Gasteiger charge is 2.04.